The van der Waals surface area contributed by atoms with Gasteiger partial charge in [-0.05, 0) is 55.0 Å². The van der Waals surface area contributed by atoms with Crippen molar-refractivity contribution in [3.8, 4) is 28.3 Å². The largest absolute Gasteiger partial charge is 0.497 e. The topological polar surface area (TPSA) is 75.7 Å². The zero-order valence-corrected chi connectivity index (χ0v) is 17.9. The number of nitrogens with one attached hydrogen (secondary N) is 2. The number of fused-ring (bicyclic) bond motifs is 1. The Bertz CT molecular complexity index is 1350. The van der Waals surface area contributed by atoms with Gasteiger partial charge in [0.05, 0.1) is 35.6 Å². The number of aromatic nitrogens is 4. The van der Waals surface area contributed by atoms with E-state index >= 15 is 0 Å². The van der Waals surface area contributed by atoms with Crippen LogP contribution in [0.5, 0.6) is 5.75 Å². The number of hydrogen-bond donors (Lipinski definition) is 2. The number of aromatic amines is 1. The molecule has 5 rings (SSSR count). The van der Waals surface area contributed by atoms with E-state index in [1.807, 2.05) is 60.8 Å². The minimum Gasteiger partial charge on any atom is -0.497 e. The second kappa shape index (κ2) is 8.51. The Labute approximate surface area is 186 Å². The number of methoxy groups -OCH3 is 1. The maximum Gasteiger partial charge on any atom is 0.223 e. The van der Waals surface area contributed by atoms with Crippen LogP contribution in [0.25, 0.3) is 33.5 Å². The summed E-state index contributed by atoms with van der Waals surface area (Å²) in [4.78, 5) is 17.4. The second-order valence-electron chi connectivity index (χ2n) is 7.57. The van der Waals surface area contributed by atoms with Crippen LogP contribution in [0.3, 0.4) is 0 Å². The van der Waals surface area contributed by atoms with Crippen molar-refractivity contribution in [1.29, 1.82) is 0 Å². The molecule has 5 aromatic rings. The fourth-order valence-electron chi connectivity index (χ4n) is 3.74. The van der Waals surface area contributed by atoms with Gasteiger partial charge in [-0.3, -0.25) is 0 Å². The minimum absolute atomic E-state index is 0.0801. The first-order valence-electron chi connectivity index (χ1n) is 10.5. The van der Waals surface area contributed by atoms with Crippen LogP contribution in [0.4, 0.5) is 5.95 Å². The third-order valence-electron chi connectivity index (χ3n) is 5.47. The van der Waals surface area contributed by atoms with Crippen LogP contribution in [0.15, 0.2) is 85.2 Å². The summed E-state index contributed by atoms with van der Waals surface area (Å²) in [6.45, 7) is 2.10. The third kappa shape index (κ3) is 3.90. The van der Waals surface area contributed by atoms with Gasteiger partial charge in [0.1, 0.15) is 5.75 Å². The maximum atomic E-state index is 5.31. The molecule has 6 heteroatoms. The lowest BCUT2D eigenvalue weighted by molar-refractivity contribution is 0.415. The highest BCUT2D eigenvalue weighted by atomic mass is 16.5. The maximum absolute atomic E-state index is 5.31. The van der Waals surface area contributed by atoms with Crippen molar-refractivity contribution in [3.05, 3.63) is 90.8 Å². The van der Waals surface area contributed by atoms with Gasteiger partial charge in [0.25, 0.3) is 0 Å². The Kier molecular flexibility index (Phi) is 5.25. The molecular weight excluding hydrogens is 398 g/mol. The molecule has 0 radical (unpaired) electrons. The van der Waals surface area contributed by atoms with Crippen molar-refractivity contribution in [1.82, 2.24) is 19.9 Å². The zero-order valence-electron chi connectivity index (χ0n) is 17.9. The van der Waals surface area contributed by atoms with Gasteiger partial charge < -0.3 is 15.0 Å². The van der Waals surface area contributed by atoms with Gasteiger partial charge in [0.15, 0.2) is 0 Å². The highest BCUT2D eigenvalue weighted by Crippen LogP contribution is 2.33. The van der Waals surface area contributed by atoms with Crippen LogP contribution in [0.2, 0.25) is 0 Å². The van der Waals surface area contributed by atoms with Crippen LogP contribution < -0.4 is 10.1 Å². The summed E-state index contributed by atoms with van der Waals surface area (Å²) in [6.07, 6.45) is 3.67. The molecule has 2 N–H and O–H groups in total. The van der Waals surface area contributed by atoms with Crippen LogP contribution >= 0.6 is 0 Å². The number of pyridine rings is 1. The molecule has 0 aliphatic rings. The first-order chi connectivity index (χ1) is 15.7. The normalized spacial score (nSPS) is 11.9. The molecule has 0 saturated carbocycles. The number of benzene rings is 2. The smallest absolute Gasteiger partial charge is 0.223 e. The van der Waals surface area contributed by atoms with Crippen LogP contribution in [0.1, 0.15) is 18.5 Å². The summed E-state index contributed by atoms with van der Waals surface area (Å²) in [5.41, 5.74) is 6.64. The lowest BCUT2D eigenvalue weighted by Gasteiger charge is -2.15. The van der Waals surface area contributed by atoms with Gasteiger partial charge in [-0.2, -0.15) is 0 Å². The van der Waals surface area contributed by atoms with E-state index in [0.717, 1.165) is 39.3 Å². The van der Waals surface area contributed by atoms with Gasteiger partial charge in [0, 0.05) is 23.5 Å². The Morgan fingerprint density at radius 1 is 0.938 bits per heavy atom. The SMILES string of the molecule is COc1ccc(-c2nc3cc[nH]c3cc2-c2ccnc(NC(C)c3ccccc3)n2)cc1. The van der Waals surface area contributed by atoms with Crippen molar-refractivity contribution in [2.24, 2.45) is 0 Å². The summed E-state index contributed by atoms with van der Waals surface area (Å²) in [5.74, 6) is 1.38. The van der Waals surface area contributed by atoms with Crippen molar-refractivity contribution < 1.29 is 4.74 Å². The fraction of sp³-hybridized carbons (Fsp3) is 0.115. The van der Waals surface area contributed by atoms with E-state index in [1.165, 1.54) is 5.56 Å². The van der Waals surface area contributed by atoms with Gasteiger partial charge in [-0.15, -0.1) is 0 Å². The van der Waals surface area contributed by atoms with Gasteiger partial charge >= 0.3 is 0 Å². The Balaban J connectivity index is 1.56. The Hall–Kier alpha value is -4.19. The summed E-state index contributed by atoms with van der Waals surface area (Å²) in [7, 11) is 1.66. The molecule has 0 spiro atoms. The Morgan fingerprint density at radius 3 is 2.53 bits per heavy atom. The highest BCUT2D eigenvalue weighted by Gasteiger charge is 2.15. The first kappa shape index (κ1) is 19.8. The Morgan fingerprint density at radius 2 is 1.75 bits per heavy atom. The number of hydrogen-bond acceptors (Lipinski definition) is 5. The van der Waals surface area contributed by atoms with Crippen LogP contribution in [-0.4, -0.2) is 27.0 Å². The molecule has 0 aliphatic heterocycles. The fourth-order valence-corrected chi connectivity index (χ4v) is 3.74. The van der Waals surface area contributed by atoms with Crippen molar-refractivity contribution >= 4 is 17.0 Å². The molecular formula is C26H23N5O. The summed E-state index contributed by atoms with van der Waals surface area (Å²) < 4.78 is 5.31. The van der Waals surface area contributed by atoms with Crippen molar-refractivity contribution in [2.45, 2.75) is 13.0 Å². The minimum atomic E-state index is 0.0801. The summed E-state index contributed by atoms with van der Waals surface area (Å²) >= 11 is 0. The quantitative estimate of drug-likeness (QED) is 0.359. The standard InChI is InChI=1S/C26H23N5O/c1-17(18-6-4-3-5-7-18)29-26-28-15-12-22(31-26)21-16-24-23(13-14-27-24)30-25(21)19-8-10-20(32-2)11-9-19/h3-17,27H,1-2H3,(H,28,29,31). The van der Waals surface area contributed by atoms with Gasteiger partial charge in [-0.25, -0.2) is 15.0 Å². The van der Waals surface area contributed by atoms with Crippen molar-refractivity contribution in [3.63, 3.8) is 0 Å². The lowest BCUT2D eigenvalue weighted by atomic mass is 10.0. The molecule has 0 saturated heterocycles. The second-order valence-corrected chi connectivity index (χ2v) is 7.57. The highest BCUT2D eigenvalue weighted by molar-refractivity contribution is 5.89. The summed E-state index contributed by atoms with van der Waals surface area (Å²) in [6, 6.07) is 24.2. The molecule has 3 heterocycles. The molecule has 0 aliphatic carbocycles. The zero-order chi connectivity index (χ0) is 21.9. The molecule has 0 amide bonds. The third-order valence-corrected chi connectivity index (χ3v) is 5.47. The monoisotopic (exact) mass is 421 g/mol. The number of H-pyrrole nitrogens is 1. The molecule has 6 nitrogen and oxygen atoms in total. The van der Waals surface area contributed by atoms with E-state index in [0.29, 0.717) is 5.95 Å². The van der Waals surface area contributed by atoms with E-state index < -0.39 is 0 Å². The molecule has 2 aromatic carbocycles. The van der Waals surface area contributed by atoms with Gasteiger partial charge in [-0.1, -0.05) is 30.3 Å². The average Bonchev–Trinajstić information content (AvgIpc) is 3.32. The molecule has 32 heavy (non-hydrogen) atoms. The van der Waals surface area contributed by atoms with Gasteiger partial charge in [0.2, 0.25) is 5.95 Å². The predicted octanol–water partition coefficient (Wildman–Crippen LogP) is 5.87. The number of rotatable bonds is 6. The van der Waals surface area contributed by atoms with E-state index in [1.54, 1.807) is 13.3 Å². The van der Waals surface area contributed by atoms with E-state index in [2.05, 4.69) is 40.4 Å². The number of ether oxygens (including phenoxy) is 1. The first-order valence-corrected chi connectivity index (χ1v) is 10.5. The van der Waals surface area contributed by atoms with E-state index in [-0.39, 0.29) is 6.04 Å². The van der Waals surface area contributed by atoms with Crippen LogP contribution in [-0.2, 0) is 0 Å². The van der Waals surface area contributed by atoms with E-state index in [4.69, 9.17) is 14.7 Å². The predicted molar refractivity (Wildman–Crippen MR) is 128 cm³/mol. The molecule has 1 unspecified atom stereocenters. The molecule has 0 bridgehead atoms. The number of nitrogens with zero attached hydrogens (tertiary/aromatic N) is 3. The molecule has 3 aromatic heterocycles. The van der Waals surface area contributed by atoms with Crippen LogP contribution in [0, 0.1) is 0 Å². The summed E-state index contributed by atoms with van der Waals surface area (Å²) in [5, 5.41) is 3.41. The lowest BCUT2D eigenvalue weighted by Crippen LogP contribution is -2.09. The molecule has 1 atom stereocenters. The van der Waals surface area contributed by atoms with E-state index in [9.17, 15) is 0 Å². The molecule has 0 fully saturated rings. The van der Waals surface area contributed by atoms with Crippen molar-refractivity contribution in [2.75, 3.05) is 12.4 Å². The average molecular weight is 422 g/mol. The molecule has 158 valence electrons. The number of anilines is 1.